The van der Waals surface area contributed by atoms with E-state index in [0.717, 1.165) is 20.8 Å². The molecular formula is C15H23NO9. The number of hydrogen-bond donors (Lipinski definition) is 1. The standard InChI is InChI=1S/C15H23NO9/c1-8(17)23-12(7-21-4)14(22-5)15(25-10(3)19)13(11(20)6-16)24-9(2)18/h11-15,20H,7H2,1-5H3/t11?,12-,13+,14+,15-/m1/s1. The van der Waals surface area contributed by atoms with Gasteiger partial charge in [-0.25, -0.2) is 0 Å². The molecule has 0 bridgehead atoms. The lowest BCUT2D eigenvalue weighted by Crippen LogP contribution is -2.55. The highest BCUT2D eigenvalue weighted by atomic mass is 16.6. The number of carbonyl (C=O) groups excluding carboxylic acids is 3. The Morgan fingerprint density at radius 3 is 1.76 bits per heavy atom. The van der Waals surface area contributed by atoms with Crippen LogP contribution in [-0.4, -0.2) is 74.4 Å². The van der Waals surface area contributed by atoms with Gasteiger partial charge in [0.1, 0.15) is 6.10 Å². The first-order valence-corrected chi connectivity index (χ1v) is 7.28. The van der Waals surface area contributed by atoms with Crippen LogP contribution in [0.3, 0.4) is 0 Å². The van der Waals surface area contributed by atoms with Gasteiger partial charge >= 0.3 is 17.9 Å². The van der Waals surface area contributed by atoms with Crippen molar-refractivity contribution in [1.29, 1.82) is 5.26 Å². The van der Waals surface area contributed by atoms with Gasteiger partial charge < -0.3 is 28.8 Å². The topological polar surface area (TPSA) is 141 Å². The van der Waals surface area contributed by atoms with E-state index in [1.54, 1.807) is 0 Å². The van der Waals surface area contributed by atoms with Crippen LogP contribution in [0.5, 0.6) is 0 Å². The predicted molar refractivity (Wildman–Crippen MR) is 81.0 cm³/mol. The van der Waals surface area contributed by atoms with Gasteiger partial charge in [0.05, 0.1) is 12.7 Å². The monoisotopic (exact) mass is 361 g/mol. The minimum Gasteiger partial charge on any atom is -0.457 e. The Morgan fingerprint density at radius 2 is 1.40 bits per heavy atom. The van der Waals surface area contributed by atoms with Gasteiger partial charge in [-0.05, 0) is 0 Å². The Hall–Kier alpha value is -2.22. The molecule has 0 rings (SSSR count). The summed E-state index contributed by atoms with van der Waals surface area (Å²) in [4.78, 5) is 34.1. The molecule has 5 atom stereocenters. The maximum atomic E-state index is 11.5. The fourth-order valence-electron chi connectivity index (χ4n) is 2.16. The summed E-state index contributed by atoms with van der Waals surface area (Å²) in [5, 5.41) is 18.8. The normalized spacial score (nSPS) is 16.5. The summed E-state index contributed by atoms with van der Waals surface area (Å²) >= 11 is 0. The molecule has 0 aromatic heterocycles. The number of rotatable bonds is 10. The molecular weight excluding hydrogens is 338 g/mol. The molecule has 1 N–H and O–H groups in total. The van der Waals surface area contributed by atoms with Crippen molar-refractivity contribution < 1.29 is 43.2 Å². The molecule has 0 radical (unpaired) electrons. The first-order chi connectivity index (χ1) is 11.7. The van der Waals surface area contributed by atoms with Crippen LogP contribution in [0.25, 0.3) is 0 Å². The van der Waals surface area contributed by atoms with Gasteiger partial charge in [0.2, 0.25) is 0 Å². The third kappa shape index (κ3) is 7.93. The number of ether oxygens (including phenoxy) is 5. The number of aliphatic hydroxyl groups excluding tert-OH is 1. The fourth-order valence-corrected chi connectivity index (χ4v) is 2.16. The second-order valence-electron chi connectivity index (χ2n) is 5.03. The first-order valence-electron chi connectivity index (χ1n) is 7.28. The number of carbonyl (C=O) groups is 3. The molecule has 0 heterocycles. The zero-order valence-corrected chi connectivity index (χ0v) is 14.8. The second kappa shape index (κ2) is 11.4. The van der Waals surface area contributed by atoms with Crippen molar-refractivity contribution in [3.05, 3.63) is 0 Å². The van der Waals surface area contributed by atoms with E-state index in [9.17, 15) is 19.5 Å². The summed E-state index contributed by atoms with van der Waals surface area (Å²) in [5.74, 6) is -2.26. The van der Waals surface area contributed by atoms with Crippen LogP contribution in [0.1, 0.15) is 20.8 Å². The van der Waals surface area contributed by atoms with Crippen molar-refractivity contribution in [3.63, 3.8) is 0 Å². The molecule has 0 saturated heterocycles. The van der Waals surface area contributed by atoms with E-state index in [4.69, 9.17) is 28.9 Å². The van der Waals surface area contributed by atoms with Gasteiger partial charge in [-0.2, -0.15) is 5.26 Å². The number of hydrogen-bond acceptors (Lipinski definition) is 10. The molecule has 25 heavy (non-hydrogen) atoms. The van der Waals surface area contributed by atoms with E-state index in [2.05, 4.69) is 0 Å². The minimum absolute atomic E-state index is 0.134. The van der Waals surface area contributed by atoms with E-state index < -0.39 is 48.4 Å². The molecule has 142 valence electrons. The fraction of sp³-hybridized carbons (Fsp3) is 0.733. The summed E-state index contributed by atoms with van der Waals surface area (Å²) in [6, 6.07) is 1.51. The molecule has 0 fully saturated rings. The van der Waals surface area contributed by atoms with Gasteiger partial charge in [0.15, 0.2) is 24.4 Å². The molecule has 0 aliphatic rings. The van der Waals surface area contributed by atoms with Crippen molar-refractivity contribution in [2.75, 3.05) is 20.8 Å². The Morgan fingerprint density at radius 1 is 0.920 bits per heavy atom. The van der Waals surface area contributed by atoms with Crippen LogP contribution in [0.4, 0.5) is 0 Å². The summed E-state index contributed by atoms with van der Waals surface area (Å²) < 4.78 is 25.3. The zero-order valence-electron chi connectivity index (χ0n) is 14.8. The van der Waals surface area contributed by atoms with Gasteiger partial charge in [-0.1, -0.05) is 0 Å². The number of nitrogens with zero attached hydrogens (tertiary/aromatic N) is 1. The van der Waals surface area contributed by atoms with Crippen LogP contribution in [-0.2, 0) is 38.1 Å². The molecule has 0 spiro atoms. The molecule has 0 aromatic carbocycles. The lowest BCUT2D eigenvalue weighted by atomic mass is 9.98. The Balaban J connectivity index is 5.86. The maximum absolute atomic E-state index is 11.5. The highest BCUT2D eigenvalue weighted by Crippen LogP contribution is 2.21. The lowest BCUT2D eigenvalue weighted by Gasteiger charge is -2.35. The van der Waals surface area contributed by atoms with Crippen LogP contribution < -0.4 is 0 Å². The largest absolute Gasteiger partial charge is 0.457 e. The molecule has 0 saturated carbocycles. The third-order valence-electron chi connectivity index (χ3n) is 2.98. The molecule has 0 amide bonds. The molecule has 1 unspecified atom stereocenters. The third-order valence-corrected chi connectivity index (χ3v) is 2.98. The van der Waals surface area contributed by atoms with E-state index in [0.29, 0.717) is 0 Å². The second-order valence-corrected chi connectivity index (χ2v) is 5.03. The molecule has 0 aliphatic carbocycles. The quantitative estimate of drug-likeness (QED) is 0.302. The van der Waals surface area contributed by atoms with Crippen LogP contribution in [0.2, 0.25) is 0 Å². The van der Waals surface area contributed by atoms with Crippen LogP contribution in [0, 0.1) is 11.3 Å². The van der Waals surface area contributed by atoms with Gasteiger partial charge in [0, 0.05) is 35.0 Å². The SMILES string of the molecule is COC[C@@H](OC(C)=O)[C@H](OC)[C@H](OC(C)=O)[C@@H](OC(C)=O)C(O)C#N. The summed E-state index contributed by atoms with van der Waals surface area (Å²) in [5.41, 5.74) is 0. The van der Waals surface area contributed by atoms with Crippen molar-refractivity contribution in [3.8, 4) is 6.07 Å². The van der Waals surface area contributed by atoms with Gasteiger partial charge in [-0.3, -0.25) is 14.4 Å². The van der Waals surface area contributed by atoms with Crippen molar-refractivity contribution >= 4 is 17.9 Å². The number of nitriles is 1. The summed E-state index contributed by atoms with van der Waals surface area (Å²) in [7, 11) is 2.58. The highest BCUT2D eigenvalue weighted by molar-refractivity contribution is 5.68. The number of aliphatic hydroxyl groups is 1. The molecule has 0 aliphatic heterocycles. The number of methoxy groups -OCH3 is 2. The highest BCUT2D eigenvalue weighted by Gasteiger charge is 2.44. The van der Waals surface area contributed by atoms with Crippen molar-refractivity contribution in [2.24, 2.45) is 0 Å². The summed E-state index contributed by atoms with van der Waals surface area (Å²) in [6.07, 6.45) is -7.04. The van der Waals surface area contributed by atoms with E-state index in [-0.39, 0.29) is 6.61 Å². The van der Waals surface area contributed by atoms with Crippen LogP contribution in [0.15, 0.2) is 0 Å². The molecule has 10 heteroatoms. The Kier molecular flexibility index (Phi) is 10.3. The molecule has 0 aromatic rings. The molecule has 10 nitrogen and oxygen atoms in total. The Bertz CT molecular complexity index is 502. The van der Waals surface area contributed by atoms with Gasteiger partial charge in [-0.15, -0.1) is 0 Å². The van der Waals surface area contributed by atoms with E-state index >= 15 is 0 Å². The van der Waals surface area contributed by atoms with E-state index in [1.165, 1.54) is 20.3 Å². The lowest BCUT2D eigenvalue weighted by molar-refractivity contribution is -0.201. The smallest absolute Gasteiger partial charge is 0.303 e. The summed E-state index contributed by atoms with van der Waals surface area (Å²) in [6.45, 7) is 3.16. The first kappa shape index (κ1) is 22.8. The predicted octanol–water partition coefficient (Wildman–Crippen LogP) is -0.673. The minimum atomic E-state index is -1.81. The van der Waals surface area contributed by atoms with E-state index in [1.807, 2.05) is 0 Å². The van der Waals surface area contributed by atoms with Crippen molar-refractivity contribution in [2.45, 2.75) is 51.3 Å². The number of esters is 3. The van der Waals surface area contributed by atoms with Gasteiger partial charge in [0.25, 0.3) is 0 Å². The van der Waals surface area contributed by atoms with Crippen LogP contribution >= 0.6 is 0 Å². The van der Waals surface area contributed by atoms with Crippen molar-refractivity contribution in [1.82, 2.24) is 0 Å². The Labute approximate surface area is 145 Å². The zero-order chi connectivity index (χ0) is 19.6. The average molecular weight is 361 g/mol. The maximum Gasteiger partial charge on any atom is 0.303 e. The average Bonchev–Trinajstić information content (AvgIpc) is 2.50.